The van der Waals surface area contributed by atoms with E-state index in [0.29, 0.717) is 41.8 Å². The summed E-state index contributed by atoms with van der Waals surface area (Å²) in [4.78, 5) is 13.7. The number of aliphatic hydroxyl groups is 1. The fourth-order valence-electron chi connectivity index (χ4n) is 4.50. The molecule has 0 bridgehead atoms. The van der Waals surface area contributed by atoms with Crippen LogP contribution in [0, 0.1) is 18.6 Å². The van der Waals surface area contributed by atoms with Crippen molar-refractivity contribution in [2.75, 3.05) is 23.8 Å². The number of anilines is 3. The molecule has 32 heavy (non-hydrogen) atoms. The van der Waals surface area contributed by atoms with Gasteiger partial charge in [0.2, 0.25) is 11.9 Å². The molecule has 2 fully saturated rings. The second kappa shape index (κ2) is 8.59. The van der Waals surface area contributed by atoms with E-state index in [0.717, 1.165) is 38.2 Å². The minimum Gasteiger partial charge on any atom is -0.393 e. The summed E-state index contributed by atoms with van der Waals surface area (Å²) in [7, 11) is 0. The van der Waals surface area contributed by atoms with Crippen LogP contribution in [0.4, 0.5) is 26.4 Å². The number of aryl methyl sites for hydroxylation is 1. The van der Waals surface area contributed by atoms with Crippen LogP contribution >= 0.6 is 0 Å². The molecule has 0 amide bonds. The third kappa shape index (κ3) is 4.12. The summed E-state index contributed by atoms with van der Waals surface area (Å²) in [6, 6.07) is 2.32. The maximum atomic E-state index is 14.5. The number of hydrogen-bond acceptors (Lipinski definition) is 7. The monoisotopic (exact) mass is 444 g/mol. The molecule has 170 valence electrons. The molecule has 0 radical (unpaired) electrons. The van der Waals surface area contributed by atoms with Crippen LogP contribution in [0.2, 0.25) is 0 Å². The number of aromatic nitrogens is 4. The summed E-state index contributed by atoms with van der Waals surface area (Å²) in [5.74, 6) is -0.400. The van der Waals surface area contributed by atoms with Gasteiger partial charge in [-0.15, -0.1) is 0 Å². The van der Waals surface area contributed by atoms with Crippen molar-refractivity contribution in [3.63, 3.8) is 0 Å². The molecule has 8 nitrogen and oxygen atoms in total. The fourth-order valence-corrected chi connectivity index (χ4v) is 4.50. The van der Waals surface area contributed by atoms with Crippen molar-refractivity contribution in [2.24, 2.45) is 0 Å². The Morgan fingerprint density at radius 2 is 1.94 bits per heavy atom. The quantitative estimate of drug-likeness (QED) is 0.550. The van der Waals surface area contributed by atoms with E-state index < -0.39 is 11.6 Å². The third-order valence-corrected chi connectivity index (χ3v) is 6.22. The highest BCUT2D eigenvalue weighted by Crippen LogP contribution is 2.32. The average Bonchev–Trinajstić information content (AvgIpc) is 3.39. The van der Waals surface area contributed by atoms with E-state index in [1.807, 2.05) is 4.57 Å². The first-order chi connectivity index (χ1) is 15.5. The molecule has 2 aromatic heterocycles. The molecule has 1 atom stereocenters. The molecule has 0 unspecified atom stereocenters. The number of hydrogen-bond donors (Lipinski definition) is 3. The van der Waals surface area contributed by atoms with E-state index in [1.165, 1.54) is 6.07 Å². The van der Waals surface area contributed by atoms with Gasteiger partial charge in [-0.25, -0.2) is 18.7 Å². The first-order valence-electron chi connectivity index (χ1n) is 11.0. The van der Waals surface area contributed by atoms with E-state index in [-0.39, 0.29) is 23.9 Å². The average molecular weight is 444 g/mol. The summed E-state index contributed by atoms with van der Waals surface area (Å²) in [6.45, 7) is 2.76. The van der Waals surface area contributed by atoms with Gasteiger partial charge in [0.15, 0.2) is 5.65 Å². The van der Waals surface area contributed by atoms with Gasteiger partial charge in [-0.05, 0) is 50.7 Å². The molecule has 3 heterocycles. The molecular formula is C22H26F2N6O2. The summed E-state index contributed by atoms with van der Waals surface area (Å²) >= 11 is 0. The number of ether oxygens (including phenoxy) is 1. The van der Waals surface area contributed by atoms with Gasteiger partial charge in [-0.3, -0.25) is 4.57 Å². The lowest BCUT2D eigenvalue weighted by atomic mass is 9.93. The highest BCUT2D eigenvalue weighted by Gasteiger charge is 2.26. The predicted molar refractivity (Wildman–Crippen MR) is 116 cm³/mol. The molecule has 1 aliphatic carbocycles. The van der Waals surface area contributed by atoms with Crippen LogP contribution in [0.3, 0.4) is 0 Å². The maximum Gasteiger partial charge on any atom is 0.224 e. The van der Waals surface area contributed by atoms with Crippen LogP contribution in [-0.4, -0.2) is 50.0 Å². The van der Waals surface area contributed by atoms with E-state index in [4.69, 9.17) is 9.72 Å². The summed E-state index contributed by atoms with van der Waals surface area (Å²) in [5, 5.41) is 16.1. The van der Waals surface area contributed by atoms with Gasteiger partial charge in [0.25, 0.3) is 0 Å². The van der Waals surface area contributed by atoms with Crippen LogP contribution in [-0.2, 0) is 4.74 Å². The van der Waals surface area contributed by atoms with E-state index in [1.54, 1.807) is 13.1 Å². The van der Waals surface area contributed by atoms with Crippen LogP contribution in [0.5, 0.6) is 0 Å². The predicted octanol–water partition coefficient (Wildman–Crippen LogP) is 3.83. The lowest BCUT2D eigenvalue weighted by molar-refractivity contribution is 0.126. The normalized spacial score (nSPS) is 23.6. The van der Waals surface area contributed by atoms with Crippen molar-refractivity contribution < 1.29 is 18.6 Å². The number of fused-ring (bicyclic) bond motifs is 1. The van der Waals surface area contributed by atoms with Crippen molar-refractivity contribution in [3.05, 3.63) is 35.5 Å². The number of benzene rings is 1. The smallest absolute Gasteiger partial charge is 0.224 e. The van der Waals surface area contributed by atoms with Crippen LogP contribution < -0.4 is 10.6 Å². The lowest BCUT2D eigenvalue weighted by Gasteiger charge is -2.26. The van der Waals surface area contributed by atoms with Crippen molar-refractivity contribution in [1.82, 2.24) is 19.5 Å². The Balaban J connectivity index is 1.51. The number of nitrogens with one attached hydrogen (secondary N) is 2. The number of halogens is 2. The molecule has 1 aliphatic heterocycles. The second-order valence-electron chi connectivity index (χ2n) is 8.58. The topological polar surface area (TPSA) is 97.1 Å². The summed E-state index contributed by atoms with van der Waals surface area (Å²) < 4.78 is 35.5. The highest BCUT2D eigenvalue weighted by atomic mass is 19.1. The Hall–Kier alpha value is -2.85. The Kier molecular flexibility index (Phi) is 5.64. The molecule has 5 rings (SSSR count). The lowest BCUT2D eigenvalue weighted by Crippen LogP contribution is -2.29. The number of rotatable bonds is 5. The van der Waals surface area contributed by atoms with E-state index >= 15 is 0 Å². The van der Waals surface area contributed by atoms with Gasteiger partial charge in [-0.2, -0.15) is 4.98 Å². The van der Waals surface area contributed by atoms with Gasteiger partial charge in [0, 0.05) is 18.7 Å². The van der Waals surface area contributed by atoms with E-state index in [2.05, 4.69) is 20.6 Å². The zero-order valence-corrected chi connectivity index (χ0v) is 17.8. The molecule has 3 N–H and O–H groups in total. The van der Waals surface area contributed by atoms with Gasteiger partial charge in [0.05, 0.1) is 30.6 Å². The minimum atomic E-state index is -0.684. The molecule has 3 aromatic rings. The Labute approximate surface area is 184 Å². The van der Waals surface area contributed by atoms with Crippen molar-refractivity contribution in [2.45, 2.75) is 57.2 Å². The molecule has 10 heteroatoms. The standard InChI is InChI=1S/C22H26F2N6O2/c1-12-8-13(23)9-17(24)19(12)28-22-27-18-10-25-21(26-14-2-4-16(31)5-3-14)29-20(18)30(22)15-6-7-32-11-15/h8-10,14-16,31H,2-7,11H2,1H3,(H,27,28)(H,25,26,29)/t14-,15-,16-/m1/s1. The molecule has 0 spiro atoms. The van der Waals surface area contributed by atoms with Gasteiger partial charge < -0.3 is 20.5 Å². The van der Waals surface area contributed by atoms with Gasteiger partial charge >= 0.3 is 0 Å². The molecule has 1 saturated carbocycles. The fraction of sp³-hybridized carbons (Fsp3) is 0.500. The van der Waals surface area contributed by atoms with Crippen molar-refractivity contribution >= 4 is 28.7 Å². The summed E-state index contributed by atoms with van der Waals surface area (Å²) in [5.41, 5.74) is 1.81. The third-order valence-electron chi connectivity index (χ3n) is 6.22. The number of aliphatic hydroxyl groups excluding tert-OH is 1. The van der Waals surface area contributed by atoms with Gasteiger partial charge in [0.1, 0.15) is 17.2 Å². The first-order valence-corrected chi connectivity index (χ1v) is 11.0. The van der Waals surface area contributed by atoms with Crippen molar-refractivity contribution in [1.29, 1.82) is 0 Å². The zero-order valence-electron chi connectivity index (χ0n) is 17.8. The Bertz CT molecular complexity index is 1100. The van der Waals surface area contributed by atoms with Crippen LogP contribution in [0.25, 0.3) is 11.2 Å². The number of imidazole rings is 1. The second-order valence-corrected chi connectivity index (χ2v) is 8.58. The molecule has 1 aromatic carbocycles. The zero-order chi connectivity index (χ0) is 22.2. The molecule has 2 aliphatic rings. The van der Waals surface area contributed by atoms with Crippen molar-refractivity contribution in [3.8, 4) is 0 Å². The van der Waals surface area contributed by atoms with Crippen LogP contribution in [0.1, 0.15) is 43.7 Å². The minimum absolute atomic E-state index is 0.0149. The first kappa shape index (κ1) is 21.0. The Morgan fingerprint density at radius 1 is 1.12 bits per heavy atom. The maximum absolute atomic E-state index is 14.5. The van der Waals surface area contributed by atoms with Gasteiger partial charge in [-0.1, -0.05) is 0 Å². The Morgan fingerprint density at radius 3 is 2.66 bits per heavy atom. The highest BCUT2D eigenvalue weighted by molar-refractivity contribution is 5.77. The molecule has 1 saturated heterocycles. The largest absolute Gasteiger partial charge is 0.393 e. The SMILES string of the molecule is Cc1cc(F)cc(F)c1Nc1nc2cnc(N[C@H]3CC[C@H](O)CC3)nc2n1[C@@H]1CCOC1. The molecular weight excluding hydrogens is 418 g/mol. The summed E-state index contributed by atoms with van der Waals surface area (Å²) in [6.07, 6.45) is 5.42. The van der Waals surface area contributed by atoms with E-state index in [9.17, 15) is 13.9 Å². The van der Waals surface area contributed by atoms with Crippen LogP contribution in [0.15, 0.2) is 18.3 Å². The number of nitrogens with zero attached hydrogens (tertiary/aromatic N) is 4.